The maximum atomic E-state index is 13.3. The average molecular weight is 591 g/mol. The summed E-state index contributed by atoms with van der Waals surface area (Å²) in [6.07, 6.45) is 0.0855. The fourth-order valence-electron chi connectivity index (χ4n) is 4.27. The van der Waals surface area contributed by atoms with Crippen molar-refractivity contribution in [1.29, 1.82) is 0 Å². The highest BCUT2D eigenvalue weighted by Gasteiger charge is 2.32. The number of nitrogens with one attached hydrogen (secondary N) is 4. The average Bonchev–Trinajstić information content (AvgIpc) is 2.89. The van der Waals surface area contributed by atoms with Gasteiger partial charge in [-0.05, 0) is 36.8 Å². The van der Waals surface area contributed by atoms with Crippen molar-refractivity contribution in [2.75, 3.05) is 13.2 Å². The van der Waals surface area contributed by atoms with Crippen LogP contribution in [0.4, 0.5) is 0 Å². The van der Waals surface area contributed by atoms with Gasteiger partial charge in [0.2, 0.25) is 23.6 Å². The number of carbonyl (C=O) groups excluding carboxylic acids is 6. The third kappa shape index (κ3) is 11.9. The van der Waals surface area contributed by atoms with Gasteiger partial charge in [0.25, 0.3) is 0 Å². The van der Waals surface area contributed by atoms with Crippen LogP contribution in [-0.4, -0.2) is 72.9 Å². The quantitative estimate of drug-likeness (QED) is 0.208. The molecule has 12 heteroatoms. The monoisotopic (exact) mass is 590 g/mol. The second-order valence-corrected chi connectivity index (χ2v) is 10.6. The molecule has 0 saturated carbocycles. The minimum absolute atomic E-state index is 0.0427. The van der Waals surface area contributed by atoms with Gasteiger partial charge in [0.15, 0.2) is 0 Å². The van der Waals surface area contributed by atoms with Gasteiger partial charge in [-0.25, -0.2) is 9.59 Å². The lowest BCUT2D eigenvalue weighted by Crippen LogP contribution is -2.54. The third-order valence-electron chi connectivity index (χ3n) is 6.36. The molecule has 1 rings (SSSR count). The van der Waals surface area contributed by atoms with Gasteiger partial charge in [0, 0.05) is 26.7 Å². The van der Waals surface area contributed by atoms with E-state index in [1.807, 2.05) is 0 Å². The van der Waals surface area contributed by atoms with Gasteiger partial charge in [0.1, 0.15) is 24.2 Å². The number of esters is 2. The molecule has 0 fully saturated rings. The number of carbonyl (C=O) groups is 6. The number of hydrogen-bond acceptors (Lipinski definition) is 8. The van der Waals surface area contributed by atoms with E-state index in [1.165, 1.54) is 13.8 Å². The first-order chi connectivity index (χ1) is 19.7. The molecule has 42 heavy (non-hydrogen) atoms. The van der Waals surface area contributed by atoms with Gasteiger partial charge in [-0.1, -0.05) is 52.0 Å². The van der Waals surface area contributed by atoms with E-state index in [4.69, 9.17) is 9.47 Å². The molecule has 4 amide bonds. The SMILES string of the molecule is CCOC(=O)[C@@H](NC(=O)[C@@H](Cc1ccccc1C[C@@H](NC(C)=O)C(=O)N[C@H](C(=O)OCC)C(C)C)NC(C)=O)C(C)C. The summed E-state index contributed by atoms with van der Waals surface area (Å²) in [7, 11) is 0. The summed E-state index contributed by atoms with van der Waals surface area (Å²) < 4.78 is 10.2. The van der Waals surface area contributed by atoms with E-state index in [1.54, 1.807) is 65.8 Å². The predicted molar refractivity (Wildman–Crippen MR) is 156 cm³/mol. The molecule has 0 aliphatic rings. The molecule has 0 unspecified atom stereocenters. The molecule has 0 spiro atoms. The van der Waals surface area contributed by atoms with Crippen LogP contribution in [0, 0.1) is 11.8 Å². The Labute approximate surface area is 248 Å². The topological polar surface area (TPSA) is 169 Å². The zero-order chi connectivity index (χ0) is 32.0. The van der Waals surface area contributed by atoms with E-state index in [0.717, 1.165) is 0 Å². The zero-order valence-corrected chi connectivity index (χ0v) is 25.9. The Hall–Kier alpha value is -3.96. The summed E-state index contributed by atoms with van der Waals surface area (Å²) in [6, 6.07) is 3.10. The highest BCUT2D eigenvalue weighted by molar-refractivity contribution is 5.91. The van der Waals surface area contributed by atoms with Gasteiger partial charge in [-0.2, -0.15) is 0 Å². The lowest BCUT2D eigenvalue weighted by atomic mass is 9.94. The van der Waals surface area contributed by atoms with Crippen molar-refractivity contribution in [2.24, 2.45) is 11.8 Å². The Morgan fingerprint density at radius 2 is 0.952 bits per heavy atom. The molecule has 4 atom stereocenters. The number of rotatable bonds is 16. The Kier molecular flexibility index (Phi) is 15.3. The Balaban J connectivity index is 3.29. The van der Waals surface area contributed by atoms with Crippen LogP contribution in [0.25, 0.3) is 0 Å². The Bertz CT molecular complexity index is 1020. The molecule has 0 aliphatic heterocycles. The number of benzene rings is 1. The van der Waals surface area contributed by atoms with Crippen molar-refractivity contribution in [2.45, 2.75) is 92.4 Å². The minimum atomic E-state index is -1.04. The van der Waals surface area contributed by atoms with E-state index in [-0.39, 0.29) is 37.9 Å². The minimum Gasteiger partial charge on any atom is -0.464 e. The number of ether oxygens (including phenoxy) is 2. The summed E-state index contributed by atoms with van der Waals surface area (Å²) in [5, 5.41) is 10.7. The zero-order valence-electron chi connectivity index (χ0n) is 25.9. The summed E-state index contributed by atoms with van der Waals surface area (Å²) in [5.74, 6) is -3.71. The fraction of sp³-hybridized carbons (Fsp3) is 0.600. The summed E-state index contributed by atoms with van der Waals surface area (Å²) in [5.41, 5.74) is 1.27. The van der Waals surface area contributed by atoms with Crippen LogP contribution in [0.2, 0.25) is 0 Å². The van der Waals surface area contributed by atoms with E-state index in [0.29, 0.717) is 11.1 Å². The molecule has 0 heterocycles. The van der Waals surface area contributed by atoms with Crippen LogP contribution in [-0.2, 0) is 51.1 Å². The molecule has 1 aromatic carbocycles. The van der Waals surface area contributed by atoms with Crippen LogP contribution >= 0.6 is 0 Å². The maximum absolute atomic E-state index is 13.3. The molecule has 0 aromatic heterocycles. The van der Waals surface area contributed by atoms with Crippen LogP contribution < -0.4 is 21.3 Å². The highest BCUT2D eigenvalue weighted by Crippen LogP contribution is 2.16. The van der Waals surface area contributed by atoms with Gasteiger partial charge >= 0.3 is 11.9 Å². The molecule has 12 nitrogen and oxygen atoms in total. The van der Waals surface area contributed by atoms with Crippen molar-refractivity contribution in [1.82, 2.24) is 21.3 Å². The van der Waals surface area contributed by atoms with Crippen molar-refractivity contribution in [3.63, 3.8) is 0 Å². The normalized spacial score (nSPS) is 13.8. The maximum Gasteiger partial charge on any atom is 0.328 e. The molecule has 0 saturated heterocycles. The van der Waals surface area contributed by atoms with Gasteiger partial charge < -0.3 is 30.7 Å². The second kappa shape index (κ2) is 17.8. The number of amides is 4. The lowest BCUT2D eigenvalue weighted by Gasteiger charge is -2.26. The van der Waals surface area contributed by atoms with Crippen LogP contribution in [0.5, 0.6) is 0 Å². The summed E-state index contributed by atoms with van der Waals surface area (Å²) in [4.78, 5) is 75.5. The Morgan fingerprint density at radius 1 is 0.619 bits per heavy atom. The third-order valence-corrected chi connectivity index (χ3v) is 6.36. The summed E-state index contributed by atoms with van der Waals surface area (Å²) >= 11 is 0. The Morgan fingerprint density at radius 3 is 1.21 bits per heavy atom. The van der Waals surface area contributed by atoms with Gasteiger partial charge in [-0.15, -0.1) is 0 Å². The number of hydrogen-bond donors (Lipinski definition) is 4. The van der Waals surface area contributed by atoms with E-state index < -0.39 is 59.7 Å². The van der Waals surface area contributed by atoms with Crippen LogP contribution in [0.15, 0.2) is 24.3 Å². The lowest BCUT2D eigenvalue weighted by molar-refractivity contribution is -0.149. The smallest absolute Gasteiger partial charge is 0.328 e. The molecule has 0 radical (unpaired) electrons. The highest BCUT2D eigenvalue weighted by atomic mass is 16.5. The largest absolute Gasteiger partial charge is 0.464 e. The molecule has 4 N–H and O–H groups in total. The first-order valence-corrected chi connectivity index (χ1v) is 14.3. The van der Waals surface area contributed by atoms with Crippen molar-refractivity contribution >= 4 is 35.6 Å². The molecular weight excluding hydrogens is 544 g/mol. The first-order valence-electron chi connectivity index (χ1n) is 14.3. The van der Waals surface area contributed by atoms with E-state index in [2.05, 4.69) is 21.3 Å². The molecule has 234 valence electrons. The van der Waals surface area contributed by atoms with Crippen LogP contribution in [0.3, 0.4) is 0 Å². The molecule has 0 aliphatic carbocycles. The molecular formula is C30H46N4O8. The fourth-order valence-corrected chi connectivity index (χ4v) is 4.27. The van der Waals surface area contributed by atoms with Crippen molar-refractivity contribution < 1.29 is 38.2 Å². The molecule has 0 bridgehead atoms. The van der Waals surface area contributed by atoms with Gasteiger partial charge in [0.05, 0.1) is 13.2 Å². The van der Waals surface area contributed by atoms with Crippen LogP contribution in [0.1, 0.15) is 66.5 Å². The van der Waals surface area contributed by atoms with Gasteiger partial charge in [-0.3, -0.25) is 19.2 Å². The van der Waals surface area contributed by atoms with E-state index in [9.17, 15) is 28.8 Å². The first kappa shape index (κ1) is 36.1. The standard InChI is InChI=1S/C30H46N4O8/c1-9-41-29(39)25(17(3)4)33-27(37)23(31-19(7)35)15-21-13-11-12-14-22(21)16-24(32-20(8)36)28(38)34-26(18(5)6)30(40)42-10-2/h11-14,17-18,23-26H,9-10,15-16H2,1-8H3,(H,31,35)(H,32,36)(H,33,37)(H,34,38)/t23-,24-,25+,26+/m1/s1. The van der Waals surface area contributed by atoms with E-state index >= 15 is 0 Å². The summed E-state index contributed by atoms with van der Waals surface area (Å²) in [6.45, 7) is 13.3. The van der Waals surface area contributed by atoms with Crippen molar-refractivity contribution in [3.8, 4) is 0 Å². The molecule has 1 aromatic rings. The second-order valence-electron chi connectivity index (χ2n) is 10.6. The predicted octanol–water partition coefficient (Wildman–Crippen LogP) is 1.19. The van der Waals surface area contributed by atoms with Crippen molar-refractivity contribution in [3.05, 3.63) is 35.4 Å².